The highest BCUT2D eigenvalue weighted by molar-refractivity contribution is 6.32. The van der Waals surface area contributed by atoms with Crippen LogP contribution in [0.2, 0.25) is 5.02 Å². The van der Waals surface area contributed by atoms with Gasteiger partial charge in [-0.2, -0.15) is 0 Å². The monoisotopic (exact) mass is 283 g/mol. The summed E-state index contributed by atoms with van der Waals surface area (Å²) in [6.45, 7) is 3.62. The molecule has 2 N–H and O–H groups in total. The first-order valence-electron chi connectivity index (χ1n) is 5.61. The van der Waals surface area contributed by atoms with Crippen LogP contribution in [0.3, 0.4) is 0 Å². The maximum Gasteiger partial charge on any atom is 0.341 e. The van der Waals surface area contributed by atoms with Gasteiger partial charge in [0.1, 0.15) is 11.4 Å². The molecular weight excluding hydrogens is 273 g/mol. The van der Waals surface area contributed by atoms with Crippen molar-refractivity contribution in [3.05, 3.63) is 44.5 Å². The zero-order valence-electron chi connectivity index (χ0n) is 10.3. The second-order valence-corrected chi connectivity index (χ2v) is 4.88. The Balaban J connectivity index is 2.98. The van der Waals surface area contributed by atoms with Crippen LogP contribution in [0, 0.1) is 5.82 Å². The van der Waals surface area contributed by atoms with Crippen molar-refractivity contribution in [1.29, 1.82) is 0 Å². The number of aromatic amines is 1. The van der Waals surface area contributed by atoms with Crippen molar-refractivity contribution < 1.29 is 14.3 Å². The van der Waals surface area contributed by atoms with Gasteiger partial charge in [0.15, 0.2) is 0 Å². The lowest BCUT2D eigenvalue weighted by molar-refractivity contribution is 0.0695. The van der Waals surface area contributed by atoms with Crippen molar-refractivity contribution >= 4 is 28.5 Å². The smallest absolute Gasteiger partial charge is 0.341 e. The van der Waals surface area contributed by atoms with Crippen LogP contribution < -0.4 is 5.43 Å². The van der Waals surface area contributed by atoms with Crippen molar-refractivity contribution in [3.8, 4) is 0 Å². The van der Waals surface area contributed by atoms with E-state index >= 15 is 0 Å². The van der Waals surface area contributed by atoms with Gasteiger partial charge in [0.2, 0.25) is 5.43 Å². The Morgan fingerprint density at radius 2 is 2.11 bits per heavy atom. The quantitative estimate of drug-likeness (QED) is 0.889. The lowest BCUT2D eigenvalue weighted by Gasteiger charge is -2.13. The molecule has 0 atom stereocenters. The van der Waals surface area contributed by atoms with Gasteiger partial charge in [0, 0.05) is 17.1 Å². The number of rotatable bonds is 2. The van der Waals surface area contributed by atoms with E-state index in [0.717, 1.165) is 12.3 Å². The predicted octanol–water partition coefficient (Wildman–Crippen LogP) is 3.14. The molecule has 6 heteroatoms. The van der Waals surface area contributed by atoms with Gasteiger partial charge in [0.05, 0.1) is 10.5 Å². The number of carboxylic acids is 1. The van der Waals surface area contributed by atoms with Crippen LogP contribution in [0.25, 0.3) is 10.9 Å². The fourth-order valence-electron chi connectivity index (χ4n) is 2.04. The molecule has 0 aliphatic heterocycles. The van der Waals surface area contributed by atoms with Crippen molar-refractivity contribution in [3.63, 3.8) is 0 Å². The molecule has 1 aromatic carbocycles. The van der Waals surface area contributed by atoms with Crippen LogP contribution in [-0.2, 0) is 0 Å². The number of benzene rings is 1. The molecule has 0 saturated heterocycles. The first-order chi connectivity index (χ1) is 8.84. The zero-order valence-corrected chi connectivity index (χ0v) is 11.0. The number of hydrogen-bond donors (Lipinski definition) is 2. The molecule has 0 saturated carbocycles. The van der Waals surface area contributed by atoms with Crippen LogP contribution in [0.5, 0.6) is 0 Å². The second-order valence-electron chi connectivity index (χ2n) is 4.50. The number of fused-ring (bicyclic) bond motifs is 1. The molecule has 0 amide bonds. The zero-order chi connectivity index (χ0) is 14.3. The van der Waals surface area contributed by atoms with Gasteiger partial charge in [-0.15, -0.1) is 0 Å². The van der Waals surface area contributed by atoms with Gasteiger partial charge in [-0.1, -0.05) is 25.4 Å². The number of aromatic carboxylic acids is 1. The lowest BCUT2D eigenvalue weighted by Crippen LogP contribution is -2.16. The third-order valence-electron chi connectivity index (χ3n) is 2.91. The third-order valence-corrected chi connectivity index (χ3v) is 3.30. The number of H-pyrrole nitrogens is 1. The van der Waals surface area contributed by atoms with Crippen LogP contribution in [0.15, 0.2) is 17.1 Å². The molecule has 4 nitrogen and oxygen atoms in total. The van der Waals surface area contributed by atoms with Crippen LogP contribution in [-0.4, -0.2) is 16.1 Å². The molecule has 0 fully saturated rings. The Labute approximate surface area is 112 Å². The molecule has 0 spiro atoms. The van der Waals surface area contributed by atoms with E-state index in [0.29, 0.717) is 11.1 Å². The SMILES string of the molecule is CC(C)c1c(Cl)c(F)cc2c(=O)c(C(=O)O)c[nH]c12. The number of halogens is 2. The summed E-state index contributed by atoms with van der Waals surface area (Å²) < 4.78 is 13.8. The highest BCUT2D eigenvalue weighted by Crippen LogP contribution is 2.32. The number of carbonyl (C=O) groups is 1. The van der Waals surface area contributed by atoms with Gasteiger partial charge in [-0.3, -0.25) is 4.79 Å². The Morgan fingerprint density at radius 3 is 2.63 bits per heavy atom. The summed E-state index contributed by atoms with van der Waals surface area (Å²) >= 11 is 5.91. The van der Waals surface area contributed by atoms with Crippen molar-refractivity contribution in [2.24, 2.45) is 0 Å². The molecule has 1 aromatic heterocycles. The Hall–Kier alpha value is -1.88. The molecule has 19 heavy (non-hydrogen) atoms. The topological polar surface area (TPSA) is 70.2 Å². The lowest BCUT2D eigenvalue weighted by atomic mass is 9.98. The first-order valence-corrected chi connectivity index (χ1v) is 5.99. The minimum absolute atomic E-state index is 0.00880. The summed E-state index contributed by atoms with van der Waals surface area (Å²) in [4.78, 5) is 25.6. The van der Waals surface area contributed by atoms with E-state index in [9.17, 15) is 14.0 Å². The van der Waals surface area contributed by atoms with E-state index in [1.807, 2.05) is 13.8 Å². The molecule has 0 radical (unpaired) electrons. The van der Waals surface area contributed by atoms with Crippen LogP contribution in [0.4, 0.5) is 4.39 Å². The minimum atomic E-state index is -1.36. The molecule has 0 unspecified atom stereocenters. The van der Waals surface area contributed by atoms with Crippen molar-refractivity contribution in [2.75, 3.05) is 0 Å². The van der Waals surface area contributed by atoms with Gasteiger partial charge in [-0.25, -0.2) is 9.18 Å². The summed E-state index contributed by atoms with van der Waals surface area (Å²) in [6, 6.07) is 0.967. The average Bonchev–Trinajstić information content (AvgIpc) is 2.31. The van der Waals surface area contributed by atoms with Crippen LogP contribution >= 0.6 is 11.6 Å². The van der Waals surface area contributed by atoms with Crippen molar-refractivity contribution in [1.82, 2.24) is 4.98 Å². The average molecular weight is 284 g/mol. The Bertz CT molecular complexity index is 737. The van der Waals surface area contributed by atoms with Crippen molar-refractivity contribution in [2.45, 2.75) is 19.8 Å². The van der Waals surface area contributed by atoms with E-state index in [4.69, 9.17) is 16.7 Å². The highest BCUT2D eigenvalue weighted by Gasteiger charge is 2.19. The fourth-order valence-corrected chi connectivity index (χ4v) is 2.40. The standard InChI is InChI=1S/C13H11ClFNO3/c1-5(2)9-10(14)8(15)3-6-11(9)16-4-7(12(6)17)13(18)19/h3-5H,1-2H3,(H,16,17)(H,18,19). The van der Waals surface area contributed by atoms with E-state index in [1.165, 1.54) is 0 Å². The number of pyridine rings is 1. The summed E-state index contributed by atoms with van der Waals surface area (Å²) in [7, 11) is 0. The molecule has 0 aliphatic rings. The van der Waals surface area contributed by atoms with Gasteiger partial charge >= 0.3 is 5.97 Å². The van der Waals surface area contributed by atoms with E-state index < -0.39 is 22.8 Å². The summed E-state index contributed by atoms with van der Waals surface area (Å²) in [5.74, 6) is -2.20. The third kappa shape index (κ3) is 2.10. The molecule has 2 rings (SSSR count). The number of nitrogens with one attached hydrogen (secondary N) is 1. The van der Waals surface area contributed by atoms with E-state index in [-0.39, 0.29) is 16.3 Å². The normalized spacial score (nSPS) is 11.2. The Morgan fingerprint density at radius 1 is 1.47 bits per heavy atom. The summed E-state index contributed by atoms with van der Waals surface area (Å²) in [6.07, 6.45) is 1.10. The van der Waals surface area contributed by atoms with E-state index in [2.05, 4.69) is 4.98 Å². The number of carboxylic acid groups (broad SMARTS) is 1. The first kappa shape index (κ1) is 13.5. The second kappa shape index (κ2) is 4.66. The largest absolute Gasteiger partial charge is 0.477 e. The molecule has 1 heterocycles. The molecule has 100 valence electrons. The van der Waals surface area contributed by atoms with Crippen LogP contribution in [0.1, 0.15) is 35.7 Å². The molecule has 2 aromatic rings. The van der Waals surface area contributed by atoms with Gasteiger partial charge in [-0.05, 0) is 12.0 Å². The number of aromatic nitrogens is 1. The number of hydrogen-bond acceptors (Lipinski definition) is 2. The Kier molecular flexibility index (Phi) is 3.32. The predicted molar refractivity (Wildman–Crippen MR) is 70.6 cm³/mol. The molecular formula is C13H11ClFNO3. The maximum atomic E-state index is 13.8. The minimum Gasteiger partial charge on any atom is -0.477 e. The fraction of sp³-hybridized carbons (Fsp3) is 0.231. The highest BCUT2D eigenvalue weighted by atomic mass is 35.5. The van der Waals surface area contributed by atoms with Gasteiger partial charge in [0.25, 0.3) is 0 Å². The summed E-state index contributed by atoms with van der Waals surface area (Å²) in [5.41, 5.74) is -0.315. The molecule has 0 bridgehead atoms. The maximum absolute atomic E-state index is 13.8. The summed E-state index contributed by atoms with van der Waals surface area (Å²) in [5, 5.41) is 8.82. The molecule has 0 aliphatic carbocycles. The van der Waals surface area contributed by atoms with Gasteiger partial charge < -0.3 is 10.1 Å². The van der Waals surface area contributed by atoms with E-state index in [1.54, 1.807) is 0 Å².